The fraction of sp³-hybridized carbons (Fsp3) is 0.625. The van der Waals surface area contributed by atoms with Crippen molar-refractivity contribution in [1.82, 2.24) is 9.88 Å². The van der Waals surface area contributed by atoms with Crippen molar-refractivity contribution in [3.05, 3.63) is 24.4 Å². The van der Waals surface area contributed by atoms with E-state index in [9.17, 15) is 4.79 Å². The van der Waals surface area contributed by atoms with Crippen molar-refractivity contribution in [2.45, 2.75) is 44.6 Å². The van der Waals surface area contributed by atoms with Gasteiger partial charge in [-0.3, -0.25) is 4.79 Å². The maximum absolute atomic E-state index is 12.1. The summed E-state index contributed by atoms with van der Waals surface area (Å²) in [5, 5.41) is 0. The summed E-state index contributed by atoms with van der Waals surface area (Å²) in [5.74, 6) is 1.57. The number of carbonyl (C=O) groups excluding carboxylic acids is 1. The van der Waals surface area contributed by atoms with E-state index < -0.39 is 0 Å². The summed E-state index contributed by atoms with van der Waals surface area (Å²) < 4.78 is 5.72. The first kappa shape index (κ1) is 13.4. The van der Waals surface area contributed by atoms with Gasteiger partial charge in [0, 0.05) is 18.7 Å². The first-order valence-electron chi connectivity index (χ1n) is 7.67. The summed E-state index contributed by atoms with van der Waals surface area (Å²) >= 11 is 0. The first-order chi connectivity index (χ1) is 9.81. The molecule has 3 rings (SSSR count). The number of carbonyl (C=O) groups is 1. The third-order valence-corrected chi connectivity index (χ3v) is 4.31. The molecule has 1 aromatic rings. The van der Waals surface area contributed by atoms with Crippen molar-refractivity contribution in [2.24, 2.45) is 5.92 Å². The summed E-state index contributed by atoms with van der Waals surface area (Å²) in [6.45, 7) is 1.42. The van der Waals surface area contributed by atoms with Crippen LogP contribution in [0.1, 0.15) is 38.5 Å². The van der Waals surface area contributed by atoms with Crippen LogP contribution in [0.15, 0.2) is 24.4 Å². The predicted molar refractivity (Wildman–Crippen MR) is 76.4 cm³/mol. The summed E-state index contributed by atoms with van der Waals surface area (Å²) in [5.41, 5.74) is 0. The normalized spacial score (nSPS) is 20.5. The molecule has 0 radical (unpaired) electrons. The molecule has 2 fully saturated rings. The van der Waals surface area contributed by atoms with Gasteiger partial charge in [0.25, 0.3) is 0 Å². The molecular weight excluding hydrogens is 252 g/mol. The fourth-order valence-corrected chi connectivity index (χ4v) is 3.07. The zero-order chi connectivity index (χ0) is 13.8. The van der Waals surface area contributed by atoms with E-state index in [1.807, 2.05) is 23.1 Å². The van der Waals surface area contributed by atoms with Crippen LogP contribution in [0.3, 0.4) is 0 Å². The van der Waals surface area contributed by atoms with Crippen LogP contribution in [0.2, 0.25) is 0 Å². The van der Waals surface area contributed by atoms with Crippen LogP contribution in [0.5, 0.6) is 5.88 Å². The Labute approximate surface area is 120 Å². The average Bonchev–Trinajstić information content (AvgIpc) is 2.44. The molecule has 20 heavy (non-hydrogen) atoms. The van der Waals surface area contributed by atoms with E-state index in [1.165, 1.54) is 32.1 Å². The Morgan fingerprint density at radius 2 is 2.05 bits per heavy atom. The average molecular weight is 274 g/mol. The molecule has 1 amide bonds. The monoisotopic (exact) mass is 274 g/mol. The molecule has 2 heterocycles. The number of ether oxygens (including phenoxy) is 1. The third-order valence-electron chi connectivity index (χ3n) is 4.31. The Balaban J connectivity index is 1.40. The van der Waals surface area contributed by atoms with Crippen LogP contribution >= 0.6 is 0 Å². The number of likely N-dealkylation sites (tertiary alicyclic amines) is 1. The van der Waals surface area contributed by atoms with Gasteiger partial charge in [-0.1, -0.05) is 25.3 Å². The molecule has 4 heteroatoms. The standard InChI is InChI=1S/C16H22N2O2/c19-16(10-13-6-2-1-3-7-13)18-11-14(12-18)20-15-8-4-5-9-17-15/h4-5,8-9,13-14H,1-3,6-7,10-12H2. The summed E-state index contributed by atoms with van der Waals surface area (Å²) in [4.78, 5) is 18.2. The van der Waals surface area contributed by atoms with Crippen LogP contribution < -0.4 is 4.74 Å². The van der Waals surface area contributed by atoms with Crippen LogP contribution in [-0.4, -0.2) is 35.0 Å². The molecule has 1 saturated carbocycles. The lowest BCUT2D eigenvalue weighted by Gasteiger charge is -2.39. The summed E-state index contributed by atoms with van der Waals surface area (Å²) in [7, 11) is 0. The van der Waals surface area contributed by atoms with Crippen LogP contribution in [0, 0.1) is 5.92 Å². The smallest absolute Gasteiger partial charge is 0.223 e. The second-order valence-electron chi connectivity index (χ2n) is 5.91. The Morgan fingerprint density at radius 1 is 1.25 bits per heavy atom. The second kappa shape index (κ2) is 6.25. The van der Waals surface area contributed by atoms with E-state index in [2.05, 4.69) is 4.98 Å². The molecule has 1 saturated heterocycles. The van der Waals surface area contributed by atoms with E-state index >= 15 is 0 Å². The quantitative estimate of drug-likeness (QED) is 0.847. The highest BCUT2D eigenvalue weighted by atomic mass is 16.5. The van der Waals surface area contributed by atoms with Gasteiger partial charge < -0.3 is 9.64 Å². The maximum Gasteiger partial charge on any atom is 0.223 e. The van der Waals surface area contributed by atoms with Gasteiger partial charge in [-0.15, -0.1) is 0 Å². The van der Waals surface area contributed by atoms with Gasteiger partial charge in [-0.2, -0.15) is 0 Å². The zero-order valence-corrected chi connectivity index (χ0v) is 11.8. The Kier molecular flexibility index (Phi) is 4.19. The van der Waals surface area contributed by atoms with Gasteiger partial charge in [0.05, 0.1) is 13.1 Å². The molecule has 0 atom stereocenters. The van der Waals surface area contributed by atoms with Gasteiger partial charge in [0.1, 0.15) is 6.10 Å². The van der Waals surface area contributed by atoms with Crippen molar-refractivity contribution < 1.29 is 9.53 Å². The molecule has 0 spiro atoms. The van der Waals surface area contributed by atoms with Gasteiger partial charge >= 0.3 is 0 Å². The minimum Gasteiger partial charge on any atom is -0.471 e. The number of pyridine rings is 1. The number of amides is 1. The Bertz CT molecular complexity index is 437. The number of rotatable bonds is 4. The SMILES string of the molecule is O=C(CC1CCCCC1)N1CC(Oc2ccccn2)C1. The highest BCUT2D eigenvalue weighted by molar-refractivity contribution is 5.77. The van der Waals surface area contributed by atoms with Crippen molar-refractivity contribution in [1.29, 1.82) is 0 Å². The zero-order valence-electron chi connectivity index (χ0n) is 11.8. The number of nitrogens with zero attached hydrogens (tertiary/aromatic N) is 2. The molecule has 0 aromatic carbocycles. The fourth-order valence-electron chi connectivity index (χ4n) is 3.07. The molecule has 1 aliphatic carbocycles. The predicted octanol–water partition coefficient (Wildman–Crippen LogP) is 2.64. The molecule has 0 N–H and O–H groups in total. The first-order valence-corrected chi connectivity index (χ1v) is 7.67. The molecule has 2 aliphatic rings. The van der Waals surface area contributed by atoms with E-state index in [4.69, 9.17) is 4.74 Å². The molecular formula is C16H22N2O2. The number of hydrogen-bond donors (Lipinski definition) is 0. The molecule has 1 aliphatic heterocycles. The van der Waals surface area contributed by atoms with Crippen LogP contribution in [0.25, 0.3) is 0 Å². The van der Waals surface area contributed by atoms with E-state index in [1.54, 1.807) is 6.20 Å². The van der Waals surface area contributed by atoms with Gasteiger partial charge in [-0.05, 0) is 24.8 Å². The van der Waals surface area contributed by atoms with Crippen molar-refractivity contribution in [3.63, 3.8) is 0 Å². The van der Waals surface area contributed by atoms with Crippen molar-refractivity contribution in [2.75, 3.05) is 13.1 Å². The second-order valence-corrected chi connectivity index (χ2v) is 5.91. The number of hydrogen-bond acceptors (Lipinski definition) is 3. The van der Waals surface area contributed by atoms with E-state index in [-0.39, 0.29) is 6.10 Å². The topological polar surface area (TPSA) is 42.4 Å². The minimum absolute atomic E-state index is 0.111. The van der Waals surface area contributed by atoms with Gasteiger partial charge in [-0.25, -0.2) is 4.98 Å². The van der Waals surface area contributed by atoms with Crippen molar-refractivity contribution in [3.8, 4) is 5.88 Å². The van der Waals surface area contributed by atoms with Gasteiger partial charge in [0.2, 0.25) is 11.8 Å². The lowest BCUT2D eigenvalue weighted by molar-refractivity contribution is -0.141. The van der Waals surface area contributed by atoms with E-state index in [0.717, 1.165) is 6.42 Å². The summed E-state index contributed by atoms with van der Waals surface area (Å²) in [6, 6.07) is 5.63. The van der Waals surface area contributed by atoms with Crippen LogP contribution in [-0.2, 0) is 4.79 Å². The van der Waals surface area contributed by atoms with Crippen LogP contribution in [0.4, 0.5) is 0 Å². The molecule has 4 nitrogen and oxygen atoms in total. The molecule has 0 unspecified atom stereocenters. The lowest BCUT2D eigenvalue weighted by Crippen LogP contribution is -2.56. The third kappa shape index (κ3) is 3.30. The highest BCUT2D eigenvalue weighted by Crippen LogP contribution is 2.28. The van der Waals surface area contributed by atoms with Crippen molar-refractivity contribution >= 4 is 5.91 Å². The summed E-state index contributed by atoms with van der Waals surface area (Å²) in [6.07, 6.45) is 8.96. The minimum atomic E-state index is 0.111. The Morgan fingerprint density at radius 3 is 2.75 bits per heavy atom. The Hall–Kier alpha value is -1.58. The highest BCUT2D eigenvalue weighted by Gasteiger charge is 2.33. The maximum atomic E-state index is 12.1. The molecule has 108 valence electrons. The number of aromatic nitrogens is 1. The largest absolute Gasteiger partial charge is 0.471 e. The molecule has 0 bridgehead atoms. The van der Waals surface area contributed by atoms with Gasteiger partial charge in [0.15, 0.2) is 0 Å². The molecule has 1 aromatic heterocycles. The van der Waals surface area contributed by atoms with E-state index in [0.29, 0.717) is 30.8 Å². The lowest BCUT2D eigenvalue weighted by atomic mass is 9.86.